The zero-order chi connectivity index (χ0) is 15.5. The Labute approximate surface area is 122 Å². The Kier molecular flexibility index (Phi) is 7.35. The number of nitrogens with zero attached hydrogens (tertiary/aromatic N) is 1. The Hall–Kier alpha value is -2.56. The van der Waals surface area contributed by atoms with Crippen LogP contribution in [0.1, 0.15) is 5.56 Å². The summed E-state index contributed by atoms with van der Waals surface area (Å²) in [7, 11) is 1.15. The summed E-state index contributed by atoms with van der Waals surface area (Å²) in [6, 6.07) is 11.0. The average molecular weight is 292 g/mol. The van der Waals surface area contributed by atoms with Gasteiger partial charge in [0.25, 0.3) is 0 Å². The summed E-state index contributed by atoms with van der Waals surface area (Å²) in [5, 5.41) is 17.7. The molecule has 112 valence electrons. The molecule has 7 nitrogen and oxygen atoms in total. The molecule has 0 aromatic heterocycles. The van der Waals surface area contributed by atoms with Crippen LogP contribution in [0.4, 0.5) is 0 Å². The van der Waals surface area contributed by atoms with Crippen LogP contribution in [-0.2, 0) is 25.7 Å². The normalized spacial score (nSPS) is 11.1. The van der Waals surface area contributed by atoms with Crippen LogP contribution in [0.2, 0.25) is 0 Å². The number of hydrogen-bond donors (Lipinski definition) is 2. The van der Waals surface area contributed by atoms with Crippen LogP contribution in [0.25, 0.3) is 0 Å². The number of hydroxylamine groups is 1. The molecule has 0 aliphatic heterocycles. The summed E-state index contributed by atoms with van der Waals surface area (Å²) in [6.07, 6.45) is 0. The first kappa shape index (κ1) is 16.5. The molecule has 2 N–H and O–H groups in total. The van der Waals surface area contributed by atoms with E-state index in [2.05, 4.69) is 10.2 Å². The number of methoxy groups -OCH3 is 1. The van der Waals surface area contributed by atoms with Crippen LogP contribution in [0.5, 0.6) is 0 Å². The van der Waals surface area contributed by atoms with Gasteiger partial charge >= 0.3 is 5.97 Å². The van der Waals surface area contributed by atoms with Gasteiger partial charge in [-0.3, -0.25) is 4.84 Å². The molecule has 0 saturated carbocycles. The van der Waals surface area contributed by atoms with Gasteiger partial charge in [-0.25, -0.2) is 10.3 Å². The minimum absolute atomic E-state index is 0.0980. The van der Waals surface area contributed by atoms with Gasteiger partial charge in [-0.15, -0.1) is 0 Å². The first-order chi connectivity index (χ1) is 10.2. The number of aliphatic hydroxyl groups excluding tert-OH is 1. The number of nitriles is 1. The highest BCUT2D eigenvalue weighted by atomic mass is 16.7. The van der Waals surface area contributed by atoms with Gasteiger partial charge in [0.1, 0.15) is 12.7 Å². The maximum atomic E-state index is 11.4. The van der Waals surface area contributed by atoms with E-state index in [9.17, 15) is 4.79 Å². The van der Waals surface area contributed by atoms with Crippen molar-refractivity contribution < 1.29 is 24.2 Å². The minimum Gasteiger partial charge on any atom is -0.474 e. The molecule has 0 spiro atoms. The van der Waals surface area contributed by atoms with Crippen molar-refractivity contribution >= 4 is 5.97 Å². The second-order valence-corrected chi connectivity index (χ2v) is 3.76. The topological polar surface area (TPSA) is 101 Å². The van der Waals surface area contributed by atoms with Gasteiger partial charge in [-0.1, -0.05) is 30.3 Å². The fraction of sp³-hybridized carbons (Fsp3) is 0.286. The fourth-order valence-corrected chi connectivity index (χ4v) is 1.35. The largest absolute Gasteiger partial charge is 0.474 e. The number of nitrogens with one attached hydrogen (secondary N) is 1. The van der Waals surface area contributed by atoms with Crippen molar-refractivity contribution in [3.63, 3.8) is 0 Å². The summed E-state index contributed by atoms with van der Waals surface area (Å²) >= 11 is 0. The number of benzene rings is 1. The second-order valence-electron chi connectivity index (χ2n) is 3.76. The molecule has 0 heterocycles. The zero-order valence-corrected chi connectivity index (χ0v) is 11.5. The van der Waals surface area contributed by atoms with Crippen LogP contribution >= 0.6 is 0 Å². The predicted molar refractivity (Wildman–Crippen MR) is 72.1 cm³/mol. The monoisotopic (exact) mass is 292 g/mol. The molecule has 1 rings (SSSR count). The third-order valence-electron chi connectivity index (χ3n) is 2.31. The second kappa shape index (κ2) is 9.36. The van der Waals surface area contributed by atoms with Gasteiger partial charge in [0.15, 0.2) is 5.57 Å². The average Bonchev–Trinajstić information content (AvgIpc) is 2.53. The Morgan fingerprint density at radius 1 is 1.38 bits per heavy atom. The van der Waals surface area contributed by atoms with E-state index in [1.165, 1.54) is 0 Å². The van der Waals surface area contributed by atoms with E-state index < -0.39 is 5.97 Å². The number of rotatable bonds is 8. The molecular formula is C14H16N2O5. The van der Waals surface area contributed by atoms with Crippen LogP contribution < -0.4 is 5.48 Å². The number of ether oxygens (including phenoxy) is 2. The van der Waals surface area contributed by atoms with Crippen LogP contribution in [0.15, 0.2) is 41.8 Å². The predicted octanol–water partition coefficient (Wildman–Crippen LogP) is 0.625. The van der Waals surface area contributed by atoms with Crippen LogP contribution in [0.3, 0.4) is 0 Å². The van der Waals surface area contributed by atoms with E-state index in [1.807, 2.05) is 30.3 Å². The lowest BCUT2D eigenvalue weighted by Gasteiger charge is -2.13. The van der Waals surface area contributed by atoms with Crippen molar-refractivity contribution in [2.75, 3.05) is 20.3 Å². The van der Waals surface area contributed by atoms with Crippen LogP contribution in [-0.4, -0.2) is 31.4 Å². The summed E-state index contributed by atoms with van der Waals surface area (Å²) in [5.41, 5.74) is 2.91. The highest BCUT2D eigenvalue weighted by Crippen LogP contribution is 2.06. The lowest BCUT2D eigenvalue weighted by molar-refractivity contribution is -0.136. The molecular weight excluding hydrogens is 276 g/mol. The van der Waals surface area contributed by atoms with Crippen molar-refractivity contribution in [3.8, 4) is 6.07 Å². The minimum atomic E-state index is -0.860. The van der Waals surface area contributed by atoms with Gasteiger partial charge in [0.05, 0.1) is 20.3 Å². The van der Waals surface area contributed by atoms with Gasteiger partial charge in [0.2, 0.25) is 5.88 Å². The summed E-state index contributed by atoms with van der Waals surface area (Å²) < 4.78 is 9.55. The Bertz CT molecular complexity index is 522. The summed E-state index contributed by atoms with van der Waals surface area (Å²) in [5.74, 6) is -1.06. The van der Waals surface area contributed by atoms with E-state index in [4.69, 9.17) is 19.9 Å². The van der Waals surface area contributed by atoms with Gasteiger partial charge in [-0.05, 0) is 5.56 Å². The number of hydrogen-bond acceptors (Lipinski definition) is 7. The molecule has 1 aromatic carbocycles. The summed E-state index contributed by atoms with van der Waals surface area (Å²) in [6.45, 7) is -0.171. The maximum Gasteiger partial charge on any atom is 0.354 e. The number of carbonyl (C=O) groups is 1. The molecule has 0 unspecified atom stereocenters. The molecule has 7 heteroatoms. The smallest absolute Gasteiger partial charge is 0.354 e. The molecule has 0 aliphatic rings. The molecule has 0 bridgehead atoms. The van der Waals surface area contributed by atoms with Crippen molar-refractivity contribution in [1.82, 2.24) is 5.48 Å². The molecule has 21 heavy (non-hydrogen) atoms. The van der Waals surface area contributed by atoms with E-state index in [0.717, 1.165) is 12.7 Å². The van der Waals surface area contributed by atoms with Gasteiger partial charge in [0, 0.05) is 0 Å². The lowest BCUT2D eigenvalue weighted by atomic mass is 10.2. The lowest BCUT2D eigenvalue weighted by Crippen LogP contribution is -2.22. The first-order valence-corrected chi connectivity index (χ1v) is 6.11. The first-order valence-electron chi connectivity index (χ1n) is 6.11. The zero-order valence-electron chi connectivity index (χ0n) is 11.5. The van der Waals surface area contributed by atoms with E-state index in [0.29, 0.717) is 0 Å². The maximum absolute atomic E-state index is 11.4. The number of esters is 1. The van der Waals surface area contributed by atoms with Gasteiger partial charge in [-0.2, -0.15) is 5.26 Å². The van der Waals surface area contributed by atoms with Crippen molar-refractivity contribution in [2.45, 2.75) is 6.61 Å². The Morgan fingerprint density at radius 2 is 2.10 bits per heavy atom. The van der Waals surface area contributed by atoms with E-state index >= 15 is 0 Å². The van der Waals surface area contributed by atoms with E-state index in [1.54, 1.807) is 6.07 Å². The molecule has 0 radical (unpaired) electrons. The standard InChI is InChI=1S/C14H16N2O5/c1-19-14(18)12(9-15)13(20-8-7-17)16-21-10-11-5-3-2-4-6-11/h2-6,16-17H,7-8,10H2,1H3/b13-12+. The molecule has 0 aliphatic carbocycles. The molecule has 0 amide bonds. The van der Waals surface area contributed by atoms with E-state index in [-0.39, 0.29) is 31.3 Å². The number of aliphatic hydroxyl groups is 1. The Morgan fingerprint density at radius 3 is 2.67 bits per heavy atom. The van der Waals surface area contributed by atoms with Gasteiger partial charge < -0.3 is 14.6 Å². The molecule has 0 fully saturated rings. The SMILES string of the molecule is COC(=O)/C(C#N)=C(\NOCc1ccccc1)OCCO. The van der Waals surface area contributed by atoms with Crippen molar-refractivity contribution in [2.24, 2.45) is 0 Å². The van der Waals surface area contributed by atoms with Crippen molar-refractivity contribution in [3.05, 3.63) is 47.4 Å². The Balaban J connectivity index is 2.72. The quantitative estimate of drug-likeness (QED) is 0.238. The third-order valence-corrected chi connectivity index (χ3v) is 2.31. The molecule has 0 saturated heterocycles. The number of carbonyl (C=O) groups excluding carboxylic acids is 1. The van der Waals surface area contributed by atoms with Crippen molar-refractivity contribution in [1.29, 1.82) is 5.26 Å². The fourth-order valence-electron chi connectivity index (χ4n) is 1.35. The highest BCUT2D eigenvalue weighted by Gasteiger charge is 2.18. The third kappa shape index (κ3) is 5.52. The molecule has 0 atom stereocenters. The van der Waals surface area contributed by atoms with Crippen LogP contribution in [0, 0.1) is 11.3 Å². The molecule has 1 aromatic rings. The summed E-state index contributed by atoms with van der Waals surface area (Å²) in [4.78, 5) is 16.6. The highest BCUT2D eigenvalue weighted by molar-refractivity contribution is 5.93.